The molecular weight excluding hydrogens is 324 g/mol. The Labute approximate surface area is 145 Å². The first kappa shape index (κ1) is 16.5. The molecule has 24 heavy (non-hydrogen) atoms. The quantitative estimate of drug-likeness (QED) is 0.664. The van der Waals surface area contributed by atoms with Gasteiger partial charge in [0.05, 0.1) is 24.4 Å². The van der Waals surface area contributed by atoms with Gasteiger partial charge in [0.15, 0.2) is 4.99 Å². The first-order chi connectivity index (χ1) is 11.6. The number of ether oxygens (including phenoxy) is 1. The van der Waals surface area contributed by atoms with Gasteiger partial charge in [-0.2, -0.15) is 0 Å². The van der Waals surface area contributed by atoms with Crippen molar-refractivity contribution < 1.29 is 14.6 Å². The van der Waals surface area contributed by atoms with Crippen LogP contribution in [0.1, 0.15) is 12.0 Å². The van der Waals surface area contributed by atoms with E-state index in [2.05, 4.69) is 10.6 Å². The normalized spacial score (nSPS) is 14.4. The highest BCUT2D eigenvalue weighted by Crippen LogP contribution is 2.41. The average molecular weight is 344 g/mol. The molecule has 1 aliphatic rings. The maximum Gasteiger partial charge on any atom is 0.308 e. The molecule has 0 bridgehead atoms. The summed E-state index contributed by atoms with van der Waals surface area (Å²) in [5.41, 5.74) is 2.99. The van der Waals surface area contributed by atoms with Crippen LogP contribution in [-0.4, -0.2) is 28.4 Å². The van der Waals surface area contributed by atoms with Gasteiger partial charge in [-0.3, -0.25) is 4.79 Å². The third kappa shape index (κ3) is 3.94. The number of carboxylic acids is 1. The van der Waals surface area contributed by atoms with Gasteiger partial charge in [-0.25, -0.2) is 0 Å². The number of nitrogens with one attached hydrogen (secondary N) is 2. The number of rotatable bonds is 7. The summed E-state index contributed by atoms with van der Waals surface area (Å²) >= 11 is 1.51. The van der Waals surface area contributed by atoms with Crippen LogP contribution in [-0.2, 0) is 4.79 Å². The predicted octanol–water partition coefficient (Wildman–Crippen LogP) is 3.77. The standard InChI is InChI=1S/C18H20N2O3S/c1-13-5-4-6-14(11-13)23-9-10-24-18(12-17(21)22)19-15-7-2-3-8-16(15)20-18/h2-8,11,19-20H,9-10,12H2,1H3,(H,21,22). The van der Waals surface area contributed by atoms with Crippen LogP contribution in [0, 0.1) is 6.92 Å². The van der Waals surface area contributed by atoms with Crippen LogP contribution in [0.25, 0.3) is 0 Å². The maximum absolute atomic E-state index is 11.3. The van der Waals surface area contributed by atoms with Crippen LogP contribution < -0.4 is 15.4 Å². The summed E-state index contributed by atoms with van der Waals surface area (Å²) in [6.07, 6.45) is -0.0310. The van der Waals surface area contributed by atoms with Crippen molar-refractivity contribution in [1.29, 1.82) is 0 Å². The third-order valence-electron chi connectivity index (χ3n) is 3.69. The highest BCUT2D eigenvalue weighted by Gasteiger charge is 2.38. The molecule has 6 heteroatoms. The van der Waals surface area contributed by atoms with Crippen molar-refractivity contribution in [3.05, 3.63) is 54.1 Å². The molecule has 0 saturated heterocycles. The molecule has 1 heterocycles. The monoisotopic (exact) mass is 344 g/mol. The molecule has 0 aromatic heterocycles. The van der Waals surface area contributed by atoms with E-state index in [0.29, 0.717) is 12.4 Å². The lowest BCUT2D eigenvalue weighted by Gasteiger charge is -2.28. The molecule has 126 valence electrons. The molecule has 3 N–H and O–H groups in total. The Balaban J connectivity index is 1.59. The molecule has 0 unspecified atom stereocenters. The van der Waals surface area contributed by atoms with Gasteiger partial charge in [0, 0.05) is 5.75 Å². The number of anilines is 2. The Kier molecular flexibility index (Phi) is 4.85. The SMILES string of the molecule is Cc1cccc(OCCSC2(CC(=O)O)Nc3ccccc3N2)c1. The Morgan fingerprint density at radius 3 is 2.50 bits per heavy atom. The first-order valence-electron chi connectivity index (χ1n) is 7.77. The highest BCUT2D eigenvalue weighted by molar-refractivity contribution is 8.00. The molecule has 0 saturated carbocycles. The van der Waals surface area contributed by atoms with Gasteiger partial charge < -0.3 is 20.5 Å². The second-order valence-corrected chi connectivity index (χ2v) is 7.10. The van der Waals surface area contributed by atoms with Crippen molar-refractivity contribution in [3.8, 4) is 5.75 Å². The van der Waals surface area contributed by atoms with E-state index in [4.69, 9.17) is 4.74 Å². The number of carbonyl (C=O) groups is 1. The van der Waals surface area contributed by atoms with Crippen LogP contribution in [0.5, 0.6) is 5.75 Å². The van der Waals surface area contributed by atoms with Crippen LogP contribution >= 0.6 is 11.8 Å². The number of aryl methyl sites for hydroxylation is 1. The van der Waals surface area contributed by atoms with Crippen molar-refractivity contribution in [2.24, 2.45) is 0 Å². The zero-order chi connectivity index (χ0) is 17.0. The van der Waals surface area contributed by atoms with Crippen molar-refractivity contribution in [1.82, 2.24) is 0 Å². The first-order valence-corrected chi connectivity index (χ1v) is 8.75. The number of fused-ring (bicyclic) bond motifs is 1. The third-order valence-corrected chi connectivity index (χ3v) is 4.90. The Hall–Kier alpha value is -2.34. The molecular formula is C18H20N2O3S. The fraction of sp³-hybridized carbons (Fsp3) is 0.278. The lowest BCUT2D eigenvalue weighted by atomic mass is 10.2. The van der Waals surface area contributed by atoms with Gasteiger partial charge in [0.1, 0.15) is 5.75 Å². The number of aliphatic carboxylic acids is 1. The molecule has 0 radical (unpaired) electrons. The lowest BCUT2D eigenvalue weighted by molar-refractivity contribution is -0.137. The van der Waals surface area contributed by atoms with Gasteiger partial charge >= 0.3 is 5.97 Å². The van der Waals surface area contributed by atoms with E-state index in [1.165, 1.54) is 11.8 Å². The molecule has 5 nitrogen and oxygen atoms in total. The summed E-state index contributed by atoms with van der Waals surface area (Å²) in [6, 6.07) is 15.6. The van der Waals surface area contributed by atoms with Crippen molar-refractivity contribution >= 4 is 29.1 Å². The second kappa shape index (κ2) is 7.05. The van der Waals surface area contributed by atoms with Crippen LogP contribution in [0.15, 0.2) is 48.5 Å². The molecule has 3 rings (SSSR count). The maximum atomic E-state index is 11.3. The summed E-state index contributed by atoms with van der Waals surface area (Å²) in [7, 11) is 0. The van der Waals surface area contributed by atoms with E-state index < -0.39 is 11.0 Å². The van der Waals surface area contributed by atoms with Crippen molar-refractivity contribution in [2.75, 3.05) is 23.0 Å². The summed E-state index contributed by atoms with van der Waals surface area (Å²) in [5, 5.41) is 15.9. The van der Waals surface area contributed by atoms with E-state index in [1.807, 2.05) is 55.5 Å². The van der Waals surface area contributed by atoms with E-state index >= 15 is 0 Å². The minimum absolute atomic E-state index is 0.0310. The van der Waals surface area contributed by atoms with E-state index in [1.54, 1.807) is 0 Å². The molecule has 0 atom stereocenters. The van der Waals surface area contributed by atoms with Gasteiger partial charge in [0.25, 0.3) is 0 Å². The number of benzene rings is 2. The molecule has 0 amide bonds. The average Bonchev–Trinajstić information content (AvgIpc) is 2.89. The van der Waals surface area contributed by atoms with Crippen LogP contribution in [0.3, 0.4) is 0 Å². The number of hydrogen-bond donors (Lipinski definition) is 3. The predicted molar refractivity (Wildman–Crippen MR) is 97.8 cm³/mol. The van der Waals surface area contributed by atoms with E-state index in [0.717, 1.165) is 22.7 Å². The van der Waals surface area contributed by atoms with Gasteiger partial charge in [-0.05, 0) is 36.8 Å². The smallest absolute Gasteiger partial charge is 0.308 e. The minimum atomic E-state index is -0.852. The van der Waals surface area contributed by atoms with Crippen molar-refractivity contribution in [2.45, 2.75) is 18.3 Å². The summed E-state index contributed by atoms with van der Waals surface area (Å²) in [6.45, 7) is 2.53. The van der Waals surface area contributed by atoms with E-state index in [9.17, 15) is 9.90 Å². The number of hydrogen-bond acceptors (Lipinski definition) is 5. The summed E-state index contributed by atoms with van der Waals surface area (Å²) in [5.74, 6) is 0.642. The number of thioether (sulfide) groups is 1. The molecule has 2 aromatic rings. The van der Waals surface area contributed by atoms with Crippen molar-refractivity contribution in [3.63, 3.8) is 0 Å². The van der Waals surface area contributed by atoms with Crippen LogP contribution in [0.4, 0.5) is 11.4 Å². The van der Waals surface area contributed by atoms with Crippen LogP contribution in [0.2, 0.25) is 0 Å². The Bertz CT molecular complexity index is 711. The fourth-order valence-electron chi connectivity index (χ4n) is 2.67. The highest BCUT2D eigenvalue weighted by atomic mass is 32.2. The lowest BCUT2D eigenvalue weighted by Crippen LogP contribution is -2.41. The Morgan fingerprint density at radius 2 is 1.88 bits per heavy atom. The van der Waals surface area contributed by atoms with Gasteiger partial charge in [0.2, 0.25) is 0 Å². The summed E-state index contributed by atoms with van der Waals surface area (Å²) in [4.78, 5) is 10.5. The number of para-hydroxylation sites is 2. The topological polar surface area (TPSA) is 70.6 Å². The number of carboxylic acid groups (broad SMARTS) is 1. The molecule has 0 fully saturated rings. The summed E-state index contributed by atoms with van der Waals surface area (Å²) < 4.78 is 5.75. The second-order valence-electron chi connectivity index (χ2n) is 5.71. The van der Waals surface area contributed by atoms with E-state index in [-0.39, 0.29) is 6.42 Å². The Morgan fingerprint density at radius 1 is 1.17 bits per heavy atom. The fourth-order valence-corrected chi connectivity index (χ4v) is 3.78. The minimum Gasteiger partial charge on any atom is -0.493 e. The molecule has 2 aromatic carbocycles. The van der Waals surface area contributed by atoms with Gasteiger partial charge in [-0.1, -0.05) is 24.3 Å². The van der Waals surface area contributed by atoms with Gasteiger partial charge in [-0.15, -0.1) is 11.8 Å². The zero-order valence-corrected chi connectivity index (χ0v) is 14.2. The molecule has 1 aliphatic heterocycles. The molecule has 0 spiro atoms. The molecule has 0 aliphatic carbocycles. The largest absolute Gasteiger partial charge is 0.493 e. The zero-order valence-electron chi connectivity index (χ0n) is 13.4.